The molecule has 0 aliphatic heterocycles. The van der Waals surface area contributed by atoms with Gasteiger partial charge in [0.25, 0.3) is 0 Å². The third kappa shape index (κ3) is 8.67. The van der Waals surface area contributed by atoms with E-state index in [9.17, 15) is 19.2 Å². The summed E-state index contributed by atoms with van der Waals surface area (Å²) in [6.07, 6.45) is 1.85. The molecule has 0 fully saturated rings. The molecule has 0 aliphatic rings. The normalized spacial score (nSPS) is 11.6. The van der Waals surface area contributed by atoms with Gasteiger partial charge in [-0.25, -0.2) is 9.59 Å². The summed E-state index contributed by atoms with van der Waals surface area (Å²) in [5.74, 6) is -2.09. The van der Waals surface area contributed by atoms with Gasteiger partial charge in [0.05, 0.1) is 13.7 Å². The molecule has 0 saturated heterocycles. The van der Waals surface area contributed by atoms with E-state index in [1.165, 1.54) is 21.0 Å². The number of amides is 2. The number of esters is 2. The Morgan fingerprint density at radius 2 is 1.75 bits per heavy atom. The average Bonchev–Trinajstić information content (AvgIpc) is 2.39. The van der Waals surface area contributed by atoms with E-state index in [1.807, 2.05) is 0 Å². The zero-order valence-corrected chi connectivity index (χ0v) is 11.6. The number of carbonyl (C=O) groups is 4. The van der Waals surface area contributed by atoms with E-state index in [-0.39, 0.29) is 25.0 Å². The van der Waals surface area contributed by atoms with Gasteiger partial charge in [0.2, 0.25) is 11.8 Å². The molecule has 0 heterocycles. The molecule has 20 heavy (non-hydrogen) atoms. The van der Waals surface area contributed by atoms with Crippen molar-refractivity contribution in [3.05, 3.63) is 12.2 Å². The third-order valence-corrected chi connectivity index (χ3v) is 2.02. The molecule has 0 saturated carbocycles. The second kappa shape index (κ2) is 9.54. The summed E-state index contributed by atoms with van der Waals surface area (Å²) >= 11 is 0. The monoisotopic (exact) mass is 286 g/mol. The quantitative estimate of drug-likeness (QED) is 0.349. The topological polar surface area (TPSA) is 111 Å². The maximum absolute atomic E-state index is 11.4. The Bertz CT molecular complexity index is 405. The Kier molecular flexibility index (Phi) is 8.40. The molecule has 0 aromatic rings. The molecular weight excluding hydrogens is 268 g/mol. The highest BCUT2D eigenvalue weighted by atomic mass is 16.5. The first-order valence-corrected chi connectivity index (χ1v) is 5.84. The van der Waals surface area contributed by atoms with Crippen LogP contribution in [0.5, 0.6) is 0 Å². The van der Waals surface area contributed by atoms with Gasteiger partial charge in [-0.05, 0) is 6.92 Å². The number of hydrogen-bond donors (Lipinski definition) is 2. The maximum Gasteiger partial charge on any atom is 0.331 e. The second-order valence-corrected chi connectivity index (χ2v) is 3.74. The van der Waals surface area contributed by atoms with Crippen molar-refractivity contribution in [1.82, 2.24) is 10.6 Å². The van der Waals surface area contributed by atoms with Gasteiger partial charge >= 0.3 is 11.9 Å². The lowest BCUT2D eigenvalue weighted by Crippen LogP contribution is -2.44. The minimum absolute atomic E-state index is 0.0527. The minimum Gasteiger partial charge on any atom is -0.466 e. The van der Waals surface area contributed by atoms with Gasteiger partial charge in [-0.3, -0.25) is 9.59 Å². The SMILES string of the molecule is COC(=O)/C=C/C(=O)OCCNC(=O)[C@H](C)NC(C)=O. The second-order valence-electron chi connectivity index (χ2n) is 3.74. The Balaban J connectivity index is 3.83. The van der Waals surface area contributed by atoms with Gasteiger partial charge in [-0.15, -0.1) is 0 Å². The zero-order valence-electron chi connectivity index (χ0n) is 11.6. The van der Waals surface area contributed by atoms with Crippen LogP contribution in [0.2, 0.25) is 0 Å². The van der Waals surface area contributed by atoms with Crippen molar-refractivity contribution in [3.63, 3.8) is 0 Å². The fraction of sp³-hybridized carbons (Fsp3) is 0.500. The summed E-state index contributed by atoms with van der Waals surface area (Å²) in [5, 5.41) is 4.88. The molecule has 0 aliphatic carbocycles. The molecule has 8 heteroatoms. The third-order valence-electron chi connectivity index (χ3n) is 2.02. The fourth-order valence-corrected chi connectivity index (χ4v) is 1.10. The Labute approximate surface area is 116 Å². The molecule has 112 valence electrons. The van der Waals surface area contributed by atoms with Crippen LogP contribution in [0.25, 0.3) is 0 Å². The van der Waals surface area contributed by atoms with Crippen LogP contribution in [0, 0.1) is 0 Å². The lowest BCUT2D eigenvalue weighted by molar-refractivity contribution is -0.139. The first kappa shape index (κ1) is 17.6. The molecule has 0 unspecified atom stereocenters. The molecule has 0 bridgehead atoms. The smallest absolute Gasteiger partial charge is 0.331 e. The first-order valence-electron chi connectivity index (χ1n) is 5.84. The molecule has 2 amide bonds. The van der Waals surface area contributed by atoms with Gasteiger partial charge in [0.1, 0.15) is 12.6 Å². The molecule has 0 aromatic carbocycles. The van der Waals surface area contributed by atoms with Crippen molar-refractivity contribution in [2.45, 2.75) is 19.9 Å². The number of hydrogen-bond acceptors (Lipinski definition) is 6. The summed E-state index contributed by atoms with van der Waals surface area (Å²) in [4.78, 5) is 44.0. The summed E-state index contributed by atoms with van der Waals surface area (Å²) in [7, 11) is 1.18. The van der Waals surface area contributed by atoms with E-state index in [0.717, 1.165) is 12.2 Å². The van der Waals surface area contributed by atoms with E-state index in [1.54, 1.807) is 0 Å². The molecular formula is C12H18N2O6. The number of carbonyl (C=O) groups excluding carboxylic acids is 4. The maximum atomic E-state index is 11.4. The van der Waals surface area contributed by atoms with Crippen LogP contribution in [-0.2, 0) is 28.7 Å². The van der Waals surface area contributed by atoms with Crippen molar-refractivity contribution >= 4 is 23.8 Å². The number of methoxy groups -OCH3 is 1. The van der Waals surface area contributed by atoms with Crippen LogP contribution < -0.4 is 10.6 Å². The molecule has 0 radical (unpaired) electrons. The van der Waals surface area contributed by atoms with Crippen LogP contribution in [0.4, 0.5) is 0 Å². The van der Waals surface area contributed by atoms with Gasteiger partial charge in [0, 0.05) is 19.1 Å². The molecule has 0 rings (SSSR count). The van der Waals surface area contributed by atoms with Gasteiger partial charge in [-0.2, -0.15) is 0 Å². The number of nitrogens with one attached hydrogen (secondary N) is 2. The largest absolute Gasteiger partial charge is 0.466 e. The van der Waals surface area contributed by atoms with Crippen molar-refractivity contribution in [2.24, 2.45) is 0 Å². The van der Waals surface area contributed by atoms with Crippen molar-refractivity contribution in [1.29, 1.82) is 0 Å². The van der Waals surface area contributed by atoms with E-state index in [2.05, 4.69) is 15.4 Å². The predicted octanol–water partition coefficient (Wildman–Crippen LogP) is -1.10. The van der Waals surface area contributed by atoms with E-state index >= 15 is 0 Å². The fourth-order valence-electron chi connectivity index (χ4n) is 1.10. The predicted molar refractivity (Wildman–Crippen MR) is 68.4 cm³/mol. The van der Waals surface area contributed by atoms with Crippen molar-refractivity contribution < 1.29 is 28.7 Å². The molecule has 0 aromatic heterocycles. The van der Waals surface area contributed by atoms with Crippen molar-refractivity contribution in [2.75, 3.05) is 20.3 Å². The highest BCUT2D eigenvalue weighted by molar-refractivity contribution is 5.91. The number of rotatable bonds is 7. The van der Waals surface area contributed by atoms with Gasteiger partial charge < -0.3 is 20.1 Å². The lowest BCUT2D eigenvalue weighted by atomic mass is 10.3. The highest BCUT2D eigenvalue weighted by Crippen LogP contribution is 1.85. The average molecular weight is 286 g/mol. The minimum atomic E-state index is -0.723. The molecule has 8 nitrogen and oxygen atoms in total. The van der Waals surface area contributed by atoms with Gasteiger partial charge in [0.15, 0.2) is 0 Å². The summed E-state index contributed by atoms with van der Waals surface area (Å²) in [5.41, 5.74) is 0. The van der Waals surface area contributed by atoms with Crippen molar-refractivity contribution in [3.8, 4) is 0 Å². The van der Waals surface area contributed by atoms with Crippen LogP contribution >= 0.6 is 0 Å². The van der Waals surface area contributed by atoms with Gasteiger partial charge in [-0.1, -0.05) is 0 Å². The zero-order chi connectivity index (χ0) is 15.5. The van der Waals surface area contributed by atoms with Crippen LogP contribution in [0.15, 0.2) is 12.2 Å². The molecule has 0 spiro atoms. The Morgan fingerprint density at radius 1 is 1.15 bits per heavy atom. The Morgan fingerprint density at radius 3 is 2.30 bits per heavy atom. The summed E-state index contributed by atoms with van der Waals surface area (Å²) in [6, 6.07) is -0.664. The number of ether oxygens (including phenoxy) is 2. The van der Waals surface area contributed by atoms with E-state index in [4.69, 9.17) is 4.74 Å². The molecule has 1 atom stereocenters. The highest BCUT2D eigenvalue weighted by Gasteiger charge is 2.12. The lowest BCUT2D eigenvalue weighted by Gasteiger charge is -2.12. The van der Waals surface area contributed by atoms with Crippen LogP contribution in [0.1, 0.15) is 13.8 Å². The van der Waals surface area contributed by atoms with E-state index < -0.39 is 18.0 Å². The first-order chi connectivity index (χ1) is 9.36. The summed E-state index contributed by atoms with van der Waals surface area (Å²) < 4.78 is 9.00. The Hall–Kier alpha value is -2.38. The van der Waals surface area contributed by atoms with Crippen LogP contribution in [0.3, 0.4) is 0 Å². The molecule has 2 N–H and O–H groups in total. The van der Waals surface area contributed by atoms with Crippen LogP contribution in [-0.4, -0.2) is 50.1 Å². The summed E-state index contributed by atoms with van der Waals surface area (Å²) in [6.45, 7) is 2.88. The standard InChI is InChI=1S/C12H18N2O6/c1-8(14-9(2)15)12(18)13-6-7-20-11(17)5-4-10(16)19-3/h4-5,8H,6-7H2,1-3H3,(H,13,18)(H,14,15)/b5-4+/t8-/m0/s1. The van der Waals surface area contributed by atoms with E-state index in [0.29, 0.717) is 0 Å².